The van der Waals surface area contributed by atoms with E-state index < -0.39 is 0 Å². The average molecular weight is 335 g/mol. The van der Waals surface area contributed by atoms with Crippen LogP contribution in [-0.4, -0.2) is 59.2 Å². The van der Waals surface area contributed by atoms with Gasteiger partial charge in [-0.05, 0) is 30.7 Å². The van der Waals surface area contributed by atoms with Gasteiger partial charge in [-0.25, -0.2) is 9.37 Å². The number of aliphatic hydroxyl groups excluding tert-OH is 1. The Morgan fingerprint density at radius 1 is 1.09 bits per heavy atom. The third-order valence-corrected chi connectivity index (χ3v) is 5.07. The minimum absolute atomic E-state index is 0.218. The van der Waals surface area contributed by atoms with E-state index in [0.29, 0.717) is 0 Å². The first-order valence-electron chi connectivity index (χ1n) is 8.00. The van der Waals surface area contributed by atoms with Crippen molar-refractivity contribution in [2.24, 2.45) is 0 Å². The molecular weight excluding hydrogens is 313 g/mol. The van der Waals surface area contributed by atoms with Crippen molar-refractivity contribution in [1.29, 1.82) is 0 Å². The summed E-state index contributed by atoms with van der Waals surface area (Å²) >= 11 is 1.61. The second-order valence-electron chi connectivity index (χ2n) is 5.85. The maximum Gasteiger partial charge on any atom is 0.123 e. The van der Waals surface area contributed by atoms with E-state index in [1.165, 1.54) is 12.1 Å². The minimum atomic E-state index is -0.218. The van der Waals surface area contributed by atoms with E-state index >= 15 is 0 Å². The van der Waals surface area contributed by atoms with Crippen LogP contribution >= 0.6 is 11.3 Å². The summed E-state index contributed by atoms with van der Waals surface area (Å²) < 4.78 is 13.0. The lowest BCUT2D eigenvalue weighted by atomic mass is 10.2. The Hall–Kier alpha value is -1.34. The van der Waals surface area contributed by atoms with Crippen molar-refractivity contribution in [1.82, 2.24) is 14.8 Å². The molecule has 2 heterocycles. The predicted molar refractivity (Wildman–Crippen MR) is 90.9 cm³/mol. The lowest BCUT2D eigenvalue weighted by Crippen LogP contribution is -2.46. The number of hydrogen-bond donors (Lipinski definition) is 1. The molecule has 0 atom stereocenters. The number of rotatable bonds is 6. The Labute approximate surface area is 140 Å². The largest absolute Gasteiger partial charge is 0.396 e. The first-order valence-corrected chi connectivity index (χ1v) is 8.88. The van der Waals surface area contributed by atoms with E-state index in [2.05, 4.69) is 20.2 Å². The standard InChI is InChI=1S/C17H22FN3OS/c18-15-4-2-14(3-5-15)17-19-16(13-23-17)12-21-9-7-20(8-10-21)6-1-11-22/h2-5,13,22H,1,6-12H2. The number of aromatic nitrogens is 1. The fourth-order valence-electron chi connectivity index (χ4n) is 2.80. The van der Waals surface area contributed by atoms with E-state index in [1.807, 2.05) is 0 Å². The summed E-state index contributed by atoms with van der Waals surface area (Å²) in [5.74, 6) is -0.218. The van der Waals surface area contributed by atoms with Gasteiger partial charge in [-0.3, -0.25) is 4.90 Å². The molecule has 4 nitrogen and oxygen atoms in total. The third kappa shape index (κ3) is 4.57. The lowest BCUT2D eigenvalue weighted by molar-refractivity contribution is 0.119. The van der Waals surface area contributed by atoms with Gasteiger partial charge in [0.25, 0.3) is 0 Å². The number of aliphatic hydroxyl groups is 1. The lowest BCUT2D eigenvalue weighted by Gasteiger charge is -2.34. The Morgan fingerprint density at radius 3 is 2.48 bits per heavy atom. The van der Waals surface area contributed by atoms with E-state index in [-0.39, 0.29) is 12.4 Å². The minimum Gasteiger partial charge on any atom is -0.396 e. The zero-order valence-corrected chi connectivity index (χ0v) is 13.9. The van der Waals surface area contributed by atoms with Crippen molar-refractivity contribution in [3.63, 3.8) is 0 Å². The molecule has 1 N–H and O–H groups in total. The van der Waals surface area contributed by atoms with Gasteiger partial charge in [0, 0.05) is 56.8 Å². The molecular formula is C17H22FN3OS. The Morgan fingerprint density at radius 2 is 1.78 bits per heavy atom. The Bertz CT molecular complexity index is 609. The number of nitrogens with zero attached hydrogens (tertiary/aromatic N) is 3. The van der Waals surface area contributed by atoms with E-state index in [9.17, 15) is 4.39 Å². The topological polar surface area (TPSA) is 39.6 Å². The molecule has 0 unspecified atom stereocenters. The SMILES string of the molecule is OCCCN1CCN(Cc2csc(-c3ccc(F)cc3)n2)CC1. The van der Waals surface area contributed by atoms with Crippen LogP contribution in [0.2, 0.25) is 0 Å². The normalized spacial score (nSPS) is 16.8. The fraction of sp³-hybridized carbons (Fsp3) is 0.471. The summed E-state index contributed by atoms with van der Waals surface area (Å²) in [6, 6.07) is 6.50. The van der Waals surface area contributed by atoms with Crippen molar-refractivity contribution in [3.05, 3.63) is 41.2 Å². The summed E-state index contributed by atoms with van der Waals surface area (Å²) in [7, 11) is 0. The monoisotopic (exact) mass is 335 g/mol. The van der Waals surface area contributed by atoms with Crippen LogP contribution in [-0.2, 0) is 6.54 Å². The van der Waals surface area contributed by atoms with Crippen LogP contribution in [0.25, 0.3) is 10.6 Å². The van der Waals surface area contributed by atoms with Crippen molar-refractivity contribution in [2.75, 3.05) is 39.3 Å². The molecule has 6 heteroatoms. The highest BCUT2D eigenvalue weighted by Gasteiger charge is 2.17. The van der Waals surface area contributed by atoms with Gasteiger partial charge < -0.3 is 10.0 Å². The van der Waals surface area contributed by atoms with Gasteiger partial charge in [-0.15, -0.1) is 11.3 Å². The number of thiazole rings is 1. The van der Waals surface area contributed by atoms with Crippen LogP contribution in [0.1, 0.15) is 12.1 Å². The van der Waals surface area contributed by atoms with Gasteiger partial charge in [0.15, 0.2) is 0 Å². The zero-order chi connectivity index (χ0) is 16.1. The summed E-state index contributed by atoms with van der Waals surface area (Å²) in [5.41, 5.74) is 2.05. The maximum absolute atomic E-state index is 13.0. The highest BCUT2D eigenvalue weighted by atomic mass is 32.1. The molecule has 2 aromatic rings. The highest BCUT2D eigenvalue weighted by molar-refractivity contribution is 7.13. The quantitative estimate of drug-likeness (QED) is 0.880. The average Bonchev–Trinajstić information content (AvgIpc) is 3.03. The molecule has 1 aromatic heterocycles. The smallest absolute Gasteiger partial charge is 0.123 e. The number of hydrogen-bond acceptors (Lipinski definition) is 5. The number of halogens is 1. The van der Waals surface area contributed by atoms with Gasteiger partial charge in [0.2, 0.25) is 0 Å². The molecule has 124 valence electrons. The Kier molecular flexibility index (Phi) is 5.72. The van der Waals surface area contributed by atoms with Crippen molar-refractivity contribution in [3.8, 4) is 10.6 Å². The summed E-state index contributed by atoms with van der Waals surface area (Å²) in [6.45, 7) is 6.29. The first-order chi connectivity index (χ1) is 11.2. The summed E-state index contributed by atoms with van der Waals surface area (Å²) in [5, 5.41) is 11.9. The fourth-order valence-corrected chi connectivity index (χ4v) is 3.62. The molecule has 1 aromatic carbocycles. The molecule has 3 rings (SSSR count). The van der Waals surface area contributed by atoms with Crippen LogP contribution in [0.15, 0.2) is 29.6 Å². The van der Waals surface area contributed by atoms with Gasteiger partial charge in [0.05, 0.1) is 5.69 Å². The Balaban J connectivity index is 1.53. The second kappa shape index (κ2) is 7.97. The third-order valence-electron chi connectivity index (χ3n) is 4.13. The molecule has 1 aliphatic rings. The molecule has 1 aliphatic heterocycles. The highest BCUT2D eigenvalue weighted by Crippen LogP contribution is 2.24. The molecule has 1 saturated heterocycles. The van der Waals surface area contributed by atoms with Crippen LogP contribution < -0.4 is 0 Å². The van der Waals surface area contributed by atoms with Gasteiger partial charge in [-0.2, -0.15) is 0 Å². The molecule has 0 bridgehead atoms. The van der Waals surface area contributed by atoms with E-state index in [4.69, 9.17) is 5.11 Å². The van der Waals surface area contributed by atoms with Gasteiger partial charge >= 0.3 is 0 Å². The molecule has 0 saturated carbocycles. The van der Waals surface area contributed by atoms with Crippen LogP contribution in [0.5, 0.6) is 0 Å². The molecule has 0 amide bonds. The molecule has 1 fully saturated rings. The number of piperazine rings is 1. The second-order valence-corrected chi connectivity index (χ2v) is 6.70. The summed E-state index contributed by atoms with van der Waals surface area (Å²) in [6.07, 6.45) is 0.854. The first kappa shape index (κ1) is 16.5. The van der Waals surface area contributed by atoms with Gasteiger partial charge in [0.1, 0.15) is 10.8 Å². The van der Waals surface area contributed by atoms with E-state index in [0.717, 1.165) is 62.0 Å². The van der Waals surface area contributed by atoms with Crippen LogP contribution in [0.4, 0.5) is 4.39 Å². The van der Waals surface area contributed by atoms with E-state index in [1.54, 1.807) is 23.5 Å². The predicted octanol–water partition coefficient (Wildman–Crippen LogP) is 2.45. The molecule has 0 spiro atoms. The molecule has 23 heavy (non-hydrogen) atoms. The van der Waals surface area contributed by atoms with Crippen LogP contribution in [0, 0.1) is 5.82 Å². The van der Waals surface area contributed by atoms with Crippen molar-refractivity contribution >= 4 is 11.3 Å². The number of benzene rings is 1. The summed E-state index contributed by atoms with van der Waals surface area (Å²) in [4.78, 5) is 9.50. The van der Waals surface area contributed by atoms with Crippen molar-refractivity contribution in [2.45, 2.75) is 13.0 Å². The molecule has 0 radical (unpaired) electrons. The maximum atomic E-state index is 13.0. The van der Waals surface area contributed by atoms with Crippen LogP contribution in [0.3, 0.4) is 0 Å². The zero-order valence-electron chi connectivity index (χ0n) is 13.1. The van der Waals surface area contributed by atoms with Gasteiger partial charge in [-0.1, -0.05) is 0 Å². The van der Waals surface area contributed by atoms with Crippen molar-refractivity contribution < 1.29 is 9.50 Å². The molecule has 0 aliphatic carbocycles.